The Bertz CT molecular complexity index is 904. The topological polar surface area (TPSA) is 63.4 Å². The van der Waals surface area contributed by atoms with E-state index in [2.05, 4.69) is 4.98 Å². The molecule has 0 saturated heterocycles. The average molecular weight is 369 g/mol. The number of halogens is 1. The van der Waals surface area contributed by atoms with Crippen LogP contribution >= 0.6 is 22.9 Å². The third kappa shape index (κ3) is 3.48. The van der Waals surface area contributed by atoms with Crippen LogP contribution in [-0.2, 0) is 16.6 Å². The maximum Gasteiger partial charge on any atom is 0.252 e. The molecule has 0 N–H and O–H groups in total. The van der Waals surface area contributed by atoms with Crippen molar-refractivity contribution in [3.63, 3.8) is 0 Å². The summed E-state index contributed by atoms with van der Waals surface area (Å²) in [4.78, 5) is 4.33. The molecule has 3 aromatic rings. The minimum Gasteiger partial charge on any atom is -0.444 e. The Morgan fingerprint density at radius 1 is 1.30 bits per heavy atom. The van der Waals surface area contributed by atoms with E-state index in [9.17, 15) is 8.42 Å². The number of oxazole rings is 1. The average Bonchev–Trinajstić information content (AvgIpc) is 3.19. The van der Waals surface area contributed by atoms with Crippen molar-refractivity contribution in [3.8, 4) is 11.5 Å². The van der Waals surface area contributed by atoms with Crippen molar-refractivity contribution in [2.24, 2.45) is 0 Å². The molecule has 0 aliphatic heterocycles. The summed E-state index contributed by atoms with van der Waals surface area (Å²) in [6.45, 7) is 0.129. The number of hydrogen-bond donors (Lipinski definition) is 0. The Morgan fingerprint density at radius 2 is 2.13 bits per heavy atom. The molecule has 0 bridgehead atoms. The van der Waals surface area contributed by atoms with Gasteiger partial charge in [-0.25, -0.2) is 13.4 Å². The highest BCUT2D eigenvalue weighted by Gasteiger charge is 2.23. The second-order valence-corrected chi connectivity index (χ2v) is 8.50. The summed E-state index contributed by atoms with van der Waals surface area (Å²) >= 11 is 7.13. The van der Waals surface area contributed by atoms with Crippen molar-refractivity contribution in [1.29, 1.82) is 0 Å². The quantitative estimate of drug-likeness (QED) is 0.685. The Hall–Kier alpha value is -1.67. The van der Waals surface area contributed by atoms with Gasteiger partial charge in [0.05, 0.1) is 12.2 Å². The van der Waals surface area contributed by atoms with Gasteiger partial charge in [0.25, 0.3) is 10.0 Å². The standard InChI is InChI=1S/C15H13ClN2O3S2/c1-18(23(19,20)14-6-3-7-22-14)9-13-10-21-15(17-13)11-4-2-5-12(16)8-11/h2-8,10H,9H2,1H3. The van der Waals surface area contributed by atoms with Crippen molar-refractivity contribution >= 4 is 33.0 Å². The summed E-state index contributed by atoms with van der Waals surface area (Å²) in [6.07, 6.45) is 1.46. The molecule has 1 aromatic carbocycles. The van der Waals surface area contributed by atoms with Crippen molar-refractivity contribution in [3.05, 3.63) is 58.8 Å². The third-order valence-corrected chi connectivity index (χ3v) is 6.58. The lowest BCUT2D eigenvalue weighted by Crippen LogP contribution is -2.25. The van der Waals surface area contributed by atoms with Crippen LogP contribution in [0.2, 0.25) is 5.02 Å². The lowest BCUT2D eigenvalue weighted by atomic mass is 10.2. The van der Waals surface area contributed by atoms with Crippen molar-refractivity contribution < 1.29 is 12.8 Å². The molecule has 0 atom stereocenters. The van der Waals surface area contributed by atoms with E-state index in [4.69, 9.17) is 16.0 Å². The number of aromatic nitrogens is 1. The second kappa shape index (κ2) is 6.45. The number of benzene rings is 1. The van der Waals surface area contributed by atoms with Crippen LogP contribution in [0.4, 0.5) is 0 Å². The molecule has 2 aromatic heterocycles. The van der Waals surface area contributed by atoms with E-state index in [1.165, 1.54) is 29.0 Å². The zero-order valence-electron chi connectivity index (χ0n) is 12.1. The fourth-order valence-electron chi connectivity index (χ4n) is 2.01. The summed E-state index contributed by atoms with van der Waals surface area (Å²) in [6, 6.07) is 10.4. The van der Waals surface area contributed by atoms with Gasteiger partial charge in [0.2, 0.25) is 5.89 Å². The van der Waals surface area contributed by atoms with Crippen LogP contribution in [-0.4, -0.2) is 24.8 Å². The summed E-state index contributed by atoms with van der Waals surface area (Å²) in [5.74, 6) is 0.407. The van der Waals surface area contributed by atoms with Crippen molar-refractivity contribution in [2.45, 2.75) is 10.8 Å². The first-order chi connectivity index (χ1) is 11.0. The minimum absolute atomic E-state index is 0.129. The molecule has 0 saturated carbocycles. The normalized spacial score (nSPS) is 12.0. The highest BCUT2D eigenvalue weighted by atomic mass is 35.5. The number of hydrogen-bond acceptors (Lipinski definition) is 5. The van der Waals surface area contributed by atoms with E-state index in [0.29, 0.717) is 20.8 Å². The van der Waals surface area contributed by atoms with Crippen LogP contribution in [0.15, 0.2) is 56.7 Å². The molecule has 120 valence electrons. The molecule has 0 amide bonds. The highest BCUT2D eigenvalue weighted by Crippen LogP contribution is 2.24. The van der Waals surface area contributed by atoms with Gasteiger partial charge in [0, 0.05) is 17.6 Å². The van der Waals surface area contributed by atoms with Crippen LogP contribution in [0.25, 0.3) is 11.5 Å². The summed E-state index contributed by atoms with van der Waals surface area (Å²) in [5, 5.41) is 2.31. The molecular formula is C15H13ClN2O3S2. The molecule has 23 heavy (non-hydrogen) atoms. The van der Waals surface area contributed by atoms with E-state index in [1.54, 1.807) is 35.7 Å². The largest absolute Gasteiger partial charge is 0.444 e. The van der Waals surface area contributed by atoms with Gasteiger partial charge in [-0.15, -0.1) is 11.3 Å². The predicted octanol–water partition coefficient (Wildman–Crippen LogP) is 3.88. The number of rotatable bonds is 5. The summed E-state index contributed by atoms with van der Waals surface area (Å²) in [7, 11) is -1.99. The molecule has 0 unspecified atom stereocenters. The fraction of sp³-hybridized carbons (Fsp3) is 0.133. The predicted molar refractivity (Wildman–Crippen MR) is 89.9 cm³/mol. The van der Waals surface area contributed by atoms with Crippen LogP contribution < -0.4 is 0 Å². The molecule has 0 aliphatic rings. The van der Waals surface area contributed by atoms with E-state index in [1.807, 2.05) is 6.07 Å². The molecule has 0 spiro atoms. The highest BCUT2D eigenvalue weighted by molar-refractivity contribution is 7.91. The molecule has 2 heterocycles. The Labute approximate surface area is 143 Å². The van der Waals surface area contributed by atoms with E-state index >= 15 is 0 Å². The van der Waals surface area contributed by atoms with Gasteiger partial charge in [0.1, 0.15) is 10.5 Å². The van der Waals surface area contributed by atoms with Crippen LogP contribution in [0.5, 0.6) is 0 Å². The first-order valence-electron chi connectivity index (χ1n) is 6.67. The summed E-state index contributed by atoms with van der Waals surface area (Å²) < 4.78 is 31.7. The van der Waals surface area contributed by atoms with Gasteiger partial charge in [0.15, 0.2) is 0 Å². The maximum atomic E-state index is 12.4. The fourth-order valence-corrected chi connectivity index (χ4v) is 4.54. The number of sulfonamides is 1. The lowest BCUT2D eigenvalue weighted by Gasteiger charge is -2.14. The lowest BCUT2D eigenvalue weighted by molar-refractivity contribution is 0.462. The monoisotopic (exact) mass is 368 g/mol. The van der Waals surface area contributed by atoms with Gasteiger partial charge >= 0.3 is 0 Å². The van der Waals surface area contributed by atoms with Crippen molar-refractivity contribution in [1.82, 2.24) is 9.29 Å². The third-order valence-electron chi connectivity index (χ3n) is 3.17. The zero-order chi connectivity index (χ0) is 16.4. The Balaban J connectivity index is 1.79. The number of nitrogens with zero attached hydrogens (tertiary/aromatic N) is 2. The zero-order valence-corrected chi connectivity index (χ0v) is 14.5. The molecular weight excluding hydrogens is 356 g/mol. The van der Waals surface area contributed by atoms with E-state index in [0.717, 1.165) is 5.56 Å². The van der Waals surface area contributed by atoms with Gasteiger partial charge in [-0.1, -0.05) is 23.7 Å². The Kier molecular flexibility index (Phi) is 4.54. The molecule has 3 rings (SSSR count). The maximum absolute atomic E-state index is 12.4. The first kappa shape index (κ1) is 16.2. The van der Waals surface area contributed by atoms with E-state index < -0.39 is 10.0 Å². The first-order valence-corrected chi connectivity index (χ1v) is 9.37. The van der Waals surface area contributed by atoms with Crippen LogP contribution in [0.3, 0.4) is 0 Å². The second-order valence-electron chi connectivity index (χ2n) is 4.85. The molecule has 0 radical (unpaired) electrons. The van der Waals surface area contributed by atoms with Crippen LogP contribution in [0, 0.1) is 0 Å². The molecule has 5 nitrogen and oxygen atoms in total. The smallest absolute Gasteiger partial charge is 0.252 e. The van der Waals surface area contributed by atoms with Gasteiger partial charge in [-0.2, -0.15) is 4.31 Å². The number of thiophene rings is 1. The van der Waals surface area contributed by atoms with E-state index in [-0.39, 0.29) is 6.54 Å². The molecule has 0 aliphatic carbocycles. The van der Waals surface area contributed by atoms with Gasteiger partial charge < -0.3 is 4.42 Å². The minimum atomic E-state index is -3.51. The van der Waals surface area contributed by atoms with Crippen molar-refractivity contribution in [2.75, 3.05) is 7.05 Å². The summed E-state index contributed by atoms with van der Waals surface area (Å²) in [5.41, 5.74) is 1.27. The Morgan fingerprint density at radius 3 is 2.83 bits per heavy atom. The van der Waals surface area contributed by atoms with Crippen LogP contribution in [0.1, 0.15) is 5.69 Å². The SMILES string of the molecule is CN(Cc1coc(-c2cccc(Cl)c2)n1)S(=O)(=O)c1cccs1. The molecule has 8 heteroatoms. The molecule has 0 fully saturated rings. The van der Waals surface area contributed by atoms with Gasteiger partial charge in [-0.05, 0) is 29.6 Å². The van der Waals surface area contributed by atoms with Gasteiger partial charge in [-0.3, -0.25) is 0 Å².